The largest absolute Gasteiger partial charge is 0.503 e. The second-order valence-corrected chi connectivity index (χ2v) is 7.46. The molecule has 7 nitrogen and oxygen atoms in total. The van der Waals surface area contributed by atoms with Gasteiger partial charge in [-0.1, -0.05) is 42.5 Å². The Hall–Kier alpha value is -3.58. The lowest BCUT2D eigenvalue weighted by atomic mass is 9.95. The molecule has 0 aromatic heterocycles. The van der Waals surface area contributed by atoms with Crippen molar-refractivity contribution in [2.24, 2.45) is 0 Å². The van der Waals surface area contributed by atoms with E-state index in [1.807, 2.05) is 37.3 Å². The van der Waals surface area contributed by atoms with Gasteiger partial charge in [0, 0.05) is 20.3 Å². The molecule has 2 aromatic carbocycles. The maximum atomic E-state index is 13.2. The Balaban J connectivity index is 2.01. The van der Waals surface area contributed by atoms with Crippen molar-refractivity contribution in [3.63, 3.8) is 0 Å². The Morgan fingerprint density at radius 1 is 1.12 bits per heavy atom. The first-order chi connectivity index (χ1) is 16.0. The van der Waals surface area contributed by atoms with Gasteiger partial charge in [0.2, 0.25) is 0 Å². The molecule has 1 atom stereocenters. The van der Waals surface area contributed by atoms with E-state index in [0.29, 0.717) is 43.2 Å². The van der Waals surface area contributed by atoms with Crippen molar-refractivity contribution in [1.82, 2.24) is 4.90 Å². The number of carbonyl (C=O) groups is 2. The standard InChI is InChI=1S/C26H29NO6/c1-4-33-21-14-12-19(17-22(21)32-3)24-23(20(28)13-11-18-9-6-5-7-10-18)25(29)26(30)27(24)15-8-16-31-2/h5-7,9-14,17,24,29H,4,8,15-16H2,1-3H3. The number of allylic oxidation sites excluding steroid dienone is 1. The van der Waals surface area contributed by atoms with Crippen LogP contribution in [0.2, 0.25) is 0 Å². The monoisotopic (exact) mass is 451 g/mol. The van der Waals surface area contributed by atoms with Crippen LogP contribution in [0.3, 0.4) is 0 Å². The number of hydrogen-bond acceptors (Lipinski definition) is 6. The molecular formula is C26H29NO6. The molecule has 3 rings (SSSR count). The third-order valence-corrected chi connectivity index (χ3v) is 5.35. The summed E-state index contributed by atoms with van der Waals surface area (Å²) in [5.41, 5.74) is 1.52. The number of hydrogen-bond donors (Lipinski definition) is 1. The molecule has 0 saturated carbocycles. The fraction of sp³-hybridized carbons (Fsp3) is 0.308. The van der Waals surface area contributed by atoms with Gasteiger partial charge in [-0.15, -0.1) is 0 Å². The minimum absolute atomic E-state index is 0.0378. The van der Waals surface area contributed by atoms with Crippen LogP contribution in [0.1, 0.15) is 30.5 Å². The minimum atomic E-state index is -0.758. The van der Waals surface area contributed by atoms with E-state index in [0.717, 1.165) is 5.56 Å². The van der Waals surface area contributed by atoms with Crippen LogP contribution in [-0.2, 0) is 14.3 Å². The smallest absolute Gasteiger partial charge is 0.290 e. The molecule has 0 saturated heterocycles. The highest BCUT2D eigenvalue weighted by Gasteiger charge is 2.42. The number of carbonyl (C=O) groups excluding carboxylic acids is 2. The van der Waals surface area contributed by atoms with E-state index in [1.165, 1.54) is 18.1 Å². The highest BCUT2D eigenvalue weighted by Crippen LogP contribution is 2.41. The number of aliphatic hydroxyl groups is 1. The topological polar surface area (TPSA) is 85.3 Å². The van der Waals surface area contributed by atoms with Crippen molar-refractivity contribution in [1.29, 1.82) is 0 Å². The predicted molar refractivity (Wildman–Crippen MR) is 125 cm³/mol. The number of amides is 1. The lowest BCUT2D eigenvalue weighted by Crippen LogP contribution is -2.32. The molecule has 0 fully saturated rings. The first-order valence-corrected chi connectivity index (χ1v) is 10.8. The first kappa shape index (κ1) is 24.1. The van der Waals surface area contributed by atoms with Gasteiger partial charge < -0.3 is 24.2 Å². The first-order valence-electron chi connectivity index (χ1n) is 10.8. The number of aliphatic hydroxyl groups excluding tert-OH is 1. The Morgan fingerprint density at radius 2 is 1.88 bits per heavy atom. The lowest BCUT2D eigenvalue weighted by Gasteiger charge is -2.27. The van der Waals surface area contributed by atoms with Crippen molar-refractivity contribution in [3.8, 4) is 11.5 Å². The molecule has 2 aromatic rings. The van der Waals surface area contributed by atoms with Crippen LogP contribution in [0.5, 0.6) is 11.5 Å². The summed E-state index contributed by atoms with van der Waals surface area (Å²) >= 11 is 0. The average molecular weight is 452 g/mol. The number of ketones is 1. The van der Waals surface area contributed by atoms with Gasteiger partial charge in [0.25, 0.3) is 5.91 Å². The fourth-order valence-electron chi connectivity index (χ4n) is 3.82. The van der Waals surface area contributed by atoms with Gasteiger partial charge in [0.05, 0.1) is 25.3 Å². The Kier molecular flexibility index (Phi) is 8.27. The van der Waals surface area contributed by atoms with Gasteiger partial charge in [0.15, 0.2) is 23.0 Å². The SMILES string of the molecule is CCOc1ccc(C2C(C(=O)C=Cc3ccccc3)=C(O)C(=O)N2CCCOC)cc1OC. The van der Waals surface area contributed by atoms with Crippen molar-refractivity contribution in [2.75, 3.05) is 34.0 Å². The van der Waals surface area contributed by atoms with E-state index < -0.39 is 23.5 Å². The molecule has 0 bridgehead atoms. The Morgan fingerprint density at radius 3 is 2.55 bits per heavy atom. The summed E-state index contributed by atoms with van der Waals surface area (Å²) < 4.78 is 16.2. The van der Waals surface area contributed by atoms with Crippen LogP contribution in [0.25, 0.3) is 6.08 Å². The van der Waals surface area contributed by atoms with Gasteiger partial charge >= 0.3 is 0 Å². The summed E-state index contributed by atoms with van der Waals surface area (Å²) in [4.78, 5) is 27.6. The summed E-state index contributed by atoms with van der Waals surface area (Å²) in [5.74, 6) is -0.508. The Bertz CT molecular complexity index is 1040. The quantitative estimate of drug-likeness (QED) is 0.409. The average Bonchev–Trinajstić information content (AvgIpc) is 3.09. The van der Waals surface area contributed by atoms with E-state index in [2.05, 4.69) is 0 Å². The third-order valence-electron chi connectivity index (χ3n) is 5.35. The molecule has 1 heterocycles. The van der Waals surface area contributed by atoms with Crippen LogP contribution in [0.15, 0.2) is 65.9 Å². The van der Waals surface area contributed by atoms with E-state index in [4.69, 9.17) is 14.2 Å². The number of ether oxygens (including phenoxy) is 3. The van der Waals surface area contributed by atoms with Crippen molar-refractivity contribution in [2.45, 2.75) is 19.4 Å². The molecule has 0 radical (unpaired) electrons. The molecule has 1 aliphatic rings. The zero-order valence-electron chi connectivity index (χ0n) is 19.1. The molecule has 1 aliphatic heterocycles. The summed E-state index contributed by atoms with van der Waals surface area (Å²) in [5, 5.41) is 10.7. The number of rotatable bonds is 11. The molecule has 1 amide bonds. The number of benzene rings is 2. The summed E-state index contributed by atoms with van der Waals surface area (Å²) in [6, 6.07) is 13.8. The van der Waals surface area contributed by atoms with Gasteiger partial charge in [-0.3, -0.25) is 9.59 Å². The minimum Gasteiger partial charge on any atom is -0.503 e. The molecule has 0 spiro atoms. The summed E-state index contributed by atoms with van der Waals surface area (Å²) in [6.07, 6.45) is 3.60. The molecule has 33 heavy (non-hydrogen) atoms. The van der Waals surface area contributed by atoms with Crippen LogP contribution in [-0.4, -0.2) is 55.7 Å². The van der Waals surface area contributed by atoms with E-state index in [9.17, 15) is 14.7 Å². The van der Waals surface area contributed by atoms with Crippen LogP contribution in [0.4, 0.5) is 0 Å². The maximum absolute atomic E-state index is 13.2. The lowest BCUT2D eigenvalue weighted by molar-refractivity contribution is -0.129. The van der Waals surface area contributed by atoms with Crippen LogP contribution >= 0.6 is 0 Å². The van der Waals surface area contributed by atoms with Crippen molar-refractivity contribution in [3.05, 3.63) is 77.1 Å². The highest BCUT2D eigenvalue weighted by atomic mass is 16.5. The normalized spacial score (nSPS) is 16.0. The molecule has 1 N–H and O–H groups in total. The number of methoxy groups -OCH3 is 2. The van der Waals surface area contributed by atoms with E-state index in [-0.39, 0.29) is 5.57 Å². The van der Waals surface area contributed by atoms with Crippen LogP contribution < -0.4 is 9.47 Å². The molecule has 1 unspecified atom stereocenters. The predicted octanol–water partition coefficient (Wildman–Crippen LogP) is 4.11. The second-order valence-electron chi connectivity index (χ2n) is 7.46. The highest BCUT2D eigenvalue weighted by molar-refractivity contribution is 6.14. The van der Waals surface area contributed by atoms with Crippen LogP contribution in [0, 0.1) is 0 Å². The van der Waals surface area contributed by atoms with E-state index in [1.54, 1.807) is 31.4 Å². The molecule has 0 aliphatic carbocycles. The van der Waals surface area contributed by atoms with Gasteiger partial charge in [0.1, 0.15) is 0 Å². The number of nitrogens with zero attached hydrogens (tertiary/aromatic N) is 1. The van der Waals surface area contributed by atoms with Crippen molar-refractivity contribution < 1.29 is 28.9 Å². The second kappa shape index (κ2) is 11.3. The van der Waals surface area contributed by atoms with Gasteiger partial charge in [-0.05, 0) is 42.7 Å². The fourth-order valence-corrected chi connectivity index (χ4v) is 3.82. The molecule has 174 valence electrons. The summed E-state index contributed by atoms with van der Waals surface area (Å²) in [6.45, 7) is 3.10. The van der Waals surface area contributed by atoms with E-state index >= 15 is 0 Å². The Labute approximate surface area is 193 Å². The summed E-state index contributed by atoms with van der Waals surface area (Å²) in [7, 11) is 3.11. The molecule has 7 heteroatoms. The van der Waals surface area contributed by atoms with Gasteiger partial charge in [-0.2, -0.15) is 0 Å². The zero-order chi connectivity index (χ0) is 23.8. The molecular weight excluding hydrogens is 422 g/mol. The third kappa shape index (κ3) is 5.43. The van der Waals surface area contributed by atoms with Crippen molar-refractivity contribution >= 4 is 17.8 Å². The maximum Gasteiger partial charge on any atom is 0.290 e. The zero-order valence-corrected chi connectivity index (χ0v) is 19.1. The van der Waals surface area contributed by atoms with Gasteiger partial charge in [-0.25, -0.2) is 0 Å².